The van der Waals surface area contributed by atoms with E-state index in [2.05, 4.69) is 27.8 Å². The van der Waals surface area contributed by atoms with Gasteiger partial charge in [0.1, 0.15) is 11.4 Å². The van der Waals surface area contributed by atoms with Crippen molar-refractivity contribution >= 4 is 17.3 Å². The molecular weight excluding hydrogens is 350 g/mol. The van der Waals surface area contributed by atoms with E-state index in [-0.39, 0.29) is 5.91 Å². The summed E-state index contributed by atoms with van der Waals surface area (Å²) in [5.41, 5.74) is 5.44. The van der Waals surface area contributed by atoms with E-state index in [1.807, 2.05) is 50.2 Å². The number of pyridine rings is 1. The average Bonchev–Trinajstić information content (AvgIpc) is 2.71. The minimum atomic E-state index is -0.210. The van der Waals surface area contributed by atoms with E-state index in [0.29, 0.717) is 5.69 Å². The lowest BCUT2D eigenvalue weighted by Crippen LogP contribution is -2.15. The number of hydrogen-bond donors (Lipinski definition) is 2. The number of carbonyl (C=O) groups is 1. The molecule has 0 aliphatic rings. The molecule has 0 bridgehead atoms. The van der Waals surface area contributed by atoms with E-state index in [1.54, 1.807) is 19.4 Å². The van der Waals surface area contributed by atoms with Crippen LogP contribution in [0.3, 0.4) is 0 Å². The van der Waals surface area contributed by atoms with Crippen molar-refractivity contribution in [3.8, 4) is 5.75 Å². The SMILES string of the molecule is COc1ccc(CCNc2ccc(C(=O)Nc3cc(C)ccc3C)nc2)cc1. The van der Waals surface area contributed by atoms with E-state index in [4.69, 9.17) is 4.74 Å². The number of methoxy groups -OCH3 is 1. The number of nitrogens with one attached hydrogen (secondary N) is 2. The maximum atomic E-state index is 12.4. The van der Waals surface area contributed by atoms with Gasteiger partial charge in [-0.2, -0.15) is 0 Å². The van der Waals surface area contributed by atoms with Gasteiger partial charge in [0.15, 0.2) is 0 Å². The van der Waals surface area contributed by atoms with Gasteiger partial charge in [0.2, 0.25) is 0 Å². The molecule has 144 valence electrons. The summed E-state index contributed by atoms with van der Waals surface area (Å²) in [5, 5.41) is 6.26. The van der Waals surface area contributed by atoms with Gasteiger partial charge < -0.3 is 15.4 Å². The van der Waals surface area contributed by atoms with Crippen LogP contribution in [0, 0.1) is 13.8 Å². The van der Waals surface area contributed by atoms with Crippen LogP contribution in [0.2, 0.25) is 0 Å². The zero-order valence-electron chi connectivity index (χ0n) is 16.5. The van der Waals surface area contributed by atoms with Crippen molar-refractivity contribution in [3.63, 3.8) is 0 Å². The number of ether oxygens (including phenoxy) is 1. The maximum absolute atomic E-state index is 12.4. The van der Waals surface area contributed by atoms with E-state index in [1.165, 1.54) is 5.56 Å². The minimum absolute atomic E-state index is 0.210. The summed E-state index contributed by atoms with van der Waals surface area (Å²) >= 11 is 0. The van der Waals surface area contributed by atoms with Crippen LogP contribution in [0.4, 0.5) is 11.4 Å². The number of anilines is 2. The van der Waals surface area contributed by atoms with Gasteiger partial charge in [0.25, 0.3) is 5.91 Å². The molecule has 1 heterocycles. The number of nitrogens with zero attached hydrogens (tertiary/aromatic N) is 1. The fourth-order valence-corrected chi connectivity index (χ4v) is 2.83. The van der Waals surface area contributed by atoms with E-state index >= 15 is 0 Å². The lowest BCUT2D eigenvalue weighted by molar-refractivity contribution is 0.102. The third-order valence-corrected chi connectivity index (χ3v) is 4.54. The molecule has 3 aromatic rings. The van der Waals surface area contributed by atoms with Crippen molar-refractivity contribution < 1.29 is 9.53 Å². The van der Waals surface area contributed by atoms with Crippen molar-refractivity contribution in [2.45, 2.75) is 20.3 Å². The Labute approximate surface area is 165 Å². The smallest absolute Gasteiger partial charge is 0.274 e. The number of rotatable bonds is 7. The number of hydrogen-bond acceptors (Lipinski definition) is 4. The van der Waals surface area contributed by atoms with Gasteiger partial charge in [-0.05, 0) is 67.3 Å². The Kier molecular flexibility index (Phi) is 6.27. The van der Waals surface area contributed by atoms with E-state index in [0.717, 1.165) is 41.2 Å². The highest BCUT2D eigenvalue weighted by Crippen LogP contribution is 2.17. The lowest BCUT2D eigenvalue weighted by Gasteiger charge is -2.10. The Bertz CT molecular complexity index is 935. The molecule has 5 heteroatoms. The molecule has 1 aromatic heterocycles. The molecule has 3 rings (SSSR count). The first-order valence-corrected chi connectivity index (χ1v) is 9.26. The number of benzene rings is 2. The van der Waals surface area contributed by atoms with E-state index in [9.17, 15) is 4.79 Å². The maximum Gasteiger partial charge on any atom is 0.274 e. The Hall–Kier alpha value is -3.34. The standard InChI is InChI=1S/C23H25N3O2/c1-16-4-5-17(2)22(14-16)26-23(27)21-11-8-19(15-25-21)24-13-12-18-6-9-20(28-3)10-7-18/h4-11,14-15,24H,12-13H2,1-3H3,(H,26,27). The Balaban J connectivity index is 1.53. The van der Waals surface area contributed by atoms with Gasteiger partial charge >= 0.3 is 0 Å². The van der Waals surface area contributed by atoms with Crippen LogP contribution < -0.4 is 15.4 Å². The second-order valence-corrected chi connectivity index (χ2v) is 6.73. The second kappa shape index (κ2) is 9.04. The molecular formula is C23H25N3O2. The van der Waals surface area contributed by atoms with Gasteiger partial charge in [-0.25, -0.2) is 4.98 Å². The third-order valence-electron chi connectivity index (χ3n) is 4.54. The van der Waals surface area contributed by atoms with Crippen molar-refractivity contribution in [2.24, 2.45) is 0 Å². The van der Waals surface area contributed by atoms with Crippen molar-refractivity contribution in [3.05, 3.63) is 83.2 Å². The van der Waals surface area contributed by atoms with Gasteiger partial charge in [0, 0.05) is 12.2 Å². The van der Waals surface area contributed by atoms with Crippen LogP contribution in [-0.4, -0.2) is 24.5 Å². The summed E-state index contributed by atoms with van der Waals surface area (Å²) in [7, 11) is 1.66. The zero-order chi connectivity index (χ0) is 19.9. The van der Waals surface area contributed by atoms with Gasteiger partial charge in [-0.15, -0.1) is 0 Å². The number of aromatic nitrogens is 1. The minimum Gasteiger partial charge on any atom is -0.497 e. The molecule has 5 nitrogen and oxygen atoms in total. The molecule has 0 radical (unpaired) electrons. The molecule has 0 fully saturated rings. The monoisotopic (exact) mass is 375 g/mol. The van der Waals surface area contributed by atoms with Crippen LogP contribution in [0.15, 0.2) is 60.8 Å². The van der Waals surface area contributed by atoms with Crippen molar-refractivity contribution in [1.29, 1.82) is 0 Å². The largest absolute Gasteiger partial charge is 0.497 e. The van der Waals surface area contributed by atoms with E-state index < -0.39 is 0 Å². The summed E-state index contributed by atoms with van der Waals surface area (Å²) in [5.74, 6) is 0.647. The molecule has 0 aliphatic carbocycles. The first-order chi connectivity index (χ1) is 13.5. The highest BCUT2D eigenvalue weighted by atomic mass is 16.5. The van der Waals surface area contributed by atoms with Crippen LogP contribution in [-0.2, 0) is 6.42 Å². The normalized spacial score (nSPS) is 10.4. The lowest BCUT2D eigenvalue weighted by atomic mass is 10.1. The summed E-state index contributed by atoms with van der Waals surface area (Å²) in [6.07, 6.45) is 2.57. The Morgan fingerprint density at radius 1 is 1.04 bits per heavy atom. The van der Waals surface area contributed by atoms with Crippen LogP contribution in [0.1, 0.15) is 27.2 Å². The quantitative estimate of drug-likeness (QED) is 0.633. The fourth-order valence-electron chi connectivity index (χ4n) is 2.83. The van der Waals surface area contributed by atoms with Gasteiger partial charge in [-0.3, -0.25) is 4.79 Å². The summed E-state index contributed by atoms with van der Waals surface area (Å²) in [6.45, 7) is 4.75. The Morgan fingerprint density at radius 3 is 2.50 bits per heavy atom. The molecule has 0 aliphatic heterocycles. The number of carbonyl (C=O) groups excluding carboxylic acids is 1. The van der Waals surface area contributed by atoms with Crippen molar-refractivity contribution in [2.75, 3.05) is 24.3 Å². The highest BCUT2D eigenvalue weighted by Gasteiger charge is 2.09. The molecule has 2 aromatic carbocycles. The van der Waals surface area contributed by atoms with Crippen molar-refractivity contribution in [1.82, 2.24) is 4.98 Å². The predicted molar refractivity (Wildman–Crippen MR) is 113 cm³/mol. The molecule has 2 N–H and O–H groups in total. The third kappa shape index (κ3) is 5.10. The van der Waals surface area contributed by atoms with Gasteiger partial charge in [-0.1, -0.05) is 24.3 Å². The first-order valence-electron chi connectivity index (χ1n) is 9.26. The highest BCUT2D eigenvalue weighted by molar-refractivity contribution is 6.03. The molecule has 0 spiro atoms. The molecule has 0 saturated carbocycles. The predicted octanol–water partition coefficient (Wildman–Crippen LogP) is 4.61. The summed E-state index contributed by atoms with van der Waals surface area (Å²) in [6, 6.07) is 17.6. The molecule has 0 atom stereocenters. The van der Waals surface area contributed by atoms with Crippen LogP contribution in [0.5, 0.6) is 5.75 Å². The first kappa shape index (κ1) is 19.4. The summed E-state index contributed by atoms with van der Waals surface area (Å²) < 4.78 is 5.17. The molecule has 0 unspecified atom stereocenters. The number of amides is 1. The molecule has 1 amide bonds. The van der Waals surface area contributed by atoms with Gasteiger partial charge in [0.05, 0.1) is 19.0 Å². The number of aryl methyl sites for hydroxylation is 2. The average molecular weight is 375 g/mol. The van der Waals surface area contributed by atoms with Crippen LogP contribution >= 0.6 is 0 Å². The second-order valence-electron chi connectivity index (χ2n) is 6.73. The molecule has 0 saturated heterocycles. The fraction of sp³-hybridized carbons (Fsp3) is 0.217. The zero-order valence-corrected chi connectivity index (χ0v) is 16.5. The summed E-state index contributed by atoms with van der Waals surface area (Å²) in [4.78, 5) is 16.7. The topological polar surface area (TPSA) is 63.2 Å². The molecule has 28 heavy (non-hydrogen) atoms. The Morgan fingerprint density at radius 2 is 1.82 bits per heavy atom. The van der Waals surface area contributed by atoms with Crippen LogP contribution in [0.25, 0.3) is 0 Å².